The first-order chi connectivity index (χ1) is 7.62. The van der Waals surface area contributed by atoms with Gasteiger partial charge in [0.05, 0.1) is 10.5 Å². The van der Waals surface area contributed by atoms with E-state index < -0.39 is 15.6 Å². The van der Waals surface area contributed by atoms with Crippen LogP contribution in [0, 0.1) is 6.92 Å². The van der Waals surface area contributed by atoms with E-state index in [1.165, 1.54) is 26.0 Å². The number of benzene rings is 1. The van der Waals surface area contributed by atoms with Crippen molar-refractivity contribution in [2.75, 3.05) is 12.3 Å². The lowest BCUT2D eigenvalue weighted by Crippen LogP contribution is -2.38. The van der Waals surface area contributed by atoms with Gasteiger partial charge in [-0.15, -0.1) is 0 Å². The molecule has 1 rings (SSSR count). The first-order valence-corrected chi connectivity index (χ1v) is 6.68. The van der Waals surface area contributed by atoms with Crippen LogP contribution in [0.5, 0.6) is 0 Å². The Labute approximate surface area is 102 Å². The molecule has 0 amide bonds. The van der Waals surface area contributed by atoms with Gasteiger partial charge < -0.3 is 10.8 Å². The normalized spacial score (nSPS) is 12.7. The molecule has 1 aromatic rings. The lowest BCUT2D eigenvalue weighted by molar-refractivity contribution is 0.0857. The molecule has 0 fully saturated rings. The van der Waals surface area contributed by atoms with Crippen molar-refractivity contribution in [2.45, 2.75) is 31.3 Å². The third-order valence-corrected chi connectivity index (χ3v) is 3.65. The summed E-state index contributed by atoms with van der Waals surface area (Å²) in [6, 6.07) is 4.49. The van der Waals surface area contributed by atoms with Crippen LogP contribution in [0.2, 0.25) is 0 Å². The number of nitrogen functional groups attached to an aromatic ring is 1. The highest BCUT2D eigenvalue weighted by Gasteiger charge is 2.19. The fraction of sp³-hybridized carbons (Fsp3) is 0.455. The highest BCUT2D eigenvalue weighted by molar-refractivity contribution is 7.89. The molecule has 0 aliphatic rings. The van der Waals surface area contributed by atoms with Crippen molar-refractivity contribution in [3.63, 3.8) is 0 Å². The van der Waals surface area contributed by atoms with Crippen molar-refractivity contribution in [2.24, 2.45) is 0 Å². The molecule has 17 heavy (non-hydrogen) atoms. The molecular weight excluding hydrogens is 240 g/mol. The molecule has 0 aromatic heterocycles. The van der Waals surface area contributed by atoms with Crippen molar-refractivity contribution in [1.82, 2.24) is 4.72 Å². The Morgan fingerprint density at radius 1 is 1.41 bits per heavy atom. The third-order valence-electron chi connectivity index (χ3n) is 2.25. The summed E-state index contributed by atoms with van der Waals surface area (Å²) in [7, 11) is -3.60. The van der Waals surface area contributed by atoms with Crippen LogP contribution >= 0.6 is 0 Å². The zero-order valence-electron chi connectivity index (χ0n) is 10.2. The Kier molecular flexibility index (Phi) is 3.81. The SMILES string of the molecule is Cc1cc(S(=O)(=O)NCC(C)(C)O)ccc1N. The predicted molar refractivity (Wildman–Crippen MR) is 67.1 cm³/mol. The molecule has 0 bridgehead atoms. The number of sulfonamides is 1. The summed E-state index contributed by atoms with van der Waals surface area (Å²) in [6.07, 6.45) is 0. The van der Waals surface area contributed by atoms with Crippen molar-refractivity contribution >= 4 is 15.7 Å². The van der Waals surface area contributed by atoms with Gasteiger partial charge >= 0.3 is 0 Å². The van der Waals surface area contributed by atoms with Gasteiger partial charge in [0, 0.05) is 12.2 Å². The highest BCUT2D eigenvalue weighted by atomic mass is 32.2. The van der Waals surface area contributed by atoms with E-state index in [-0.39, 0.29) is 11.4 Å². The van der Waals surface area contributed by atoms with Crippen molar-refractivity contribution in [1.29, 1.82) is 0 Å². The van der Waals surface area contributed by atoms with Gasteiger partial charge in [-0.3, -0.25) is 0 Å². The van der Waals surface area contributed by atoms with E-state index in [0.717, 1.165) is 0 Å². The average Bonchev–Trinajstić information content (AvgIpc) is 2.18. The molecule has 0 spiro atoms. The van der Waals surface area contributed by atoms with Gasteiger partial charge in [-0.25, -0.2) is 13.1 Å². The Hall–Kier alpha value is -1.11. The maximum atomic E-state index is 11.9. The largest absolute Gasteiger partial charge is 0.399 e. The molecule has 0 radical (unpaired) electrons. The second kappa shape index (κ2) is 4.64. The summed E-state index contributed by atoms with van der Waals surface area (Å²) in [5, 5.41) is 9.48. The minimum Gasteiger partial charge on any atom is -0.399 e. The lowest BCUT2D eigenvalue weighted by Gasteiger charge is -2.17. The molecule has 0 aliphatic heterocycles. The van der Waals surface area contributed by atoms with Gasteiger partial charge in [0.1, 0.15) is 0 Å². The van der Waals surface area contributed by atoms with Crippen LogP contribution in [-0.4, -0.2) is 25.7 Å². The van der Waals surface area contributed by atoms with E-state index in [1.807, 2.05) is 0 Å². The maximum Gasteiger partial charge on any atom is 0.240 e. The minimum absolute atomic E-state index is 0.0429. The molecule has 6 heteroatoms. The fourth-order valence-corrected chi connectivity index (χ4v) is 2.46. The molecule has 0 heterocycles. The van der Waals surface area contributed by atoms with Crippen LogP contribution in [0.3, 0.4) is 0 Å². The van der Waals surface area contributed by atoms with Crippen molar-refractivity contribution < 1.29 is 13.5 Å². The van der Waals surface area contributed by atoms with Crippen LogP contribution in [0.15, 0.2) is 23.1 Å². The van der Waals surface area contributed by atoms with Crippen LogP contribution in [0.1, 0.15) is 19.4 Å². The lowest BCUT2D eigenvalue weighted by atomic mass is 10.1. The van der Waals surface area contributed by atoms with E-state index in [4.69, 9.17) is 5.73 Å². The zero-order valence-corrected chi connectivity index (χ0v) is 11.0. The number of rotatable bonds is 4. The quantitative estimate of drug-likeness (QED) is 0.690. The highest BCUT2D eigenvalue weighted by Crippen LogP contribution is 2.16. The van der Waals surface area contributed by atoms with Gasteiger partial charge in [-0.2, -0.15) is 0 Å². The van der Waals surface area contributed by atoms with Gasteiger partial charge in [0.2, 0.25) is 10.0 Å². The van der Waals surface area contributed by atoms with Crippen molar-refractivity contribution in [3.05, 3.63) is 23.8 Å². The molecule has 1 aromatic carbocycles. The predicted octanol–water partition coefficient (Wildman–Crippen LogP) is 0.626. The number of hydrogen-bond acceptors (Lipinski definition) is 4. The zero-order chi connectivity index (χ0) is 13.3. The van der Waals surface area contributed by atoms with Gasteiger partial charge in [-0.1, -0.05) is 0 Å². The smallest absolute Gasteiger partial charge is 0.240 e. The van der Waals surface area contributed by atoms with Crippen LogP contribution in [0.4, 0.5) is 5.69 Å². The second-order valence-electron chi connectivity index (χ2n) is 4.66. The van der Waals surface area contributed by atoms with E-state index in [9.17, 15) is 13.5 Å². The number of aliphatic hydroxyl groups is 1. The first kappa shape index (κ1) is 14.0. The molecule has 0 unspecified atom stereocenters. The average molecular weight is 258 g/mol. The second-order valence-corrected chi connectivity index (χ2v) is 6.42. The molecule has 5 nitrogen and oxygen atoms in total. The molecule has 4 N–H and O–H groups in total. The summed E-state index contributed by atoms with van der Waals surface area (Å²) in [6.45, 7) is 4.76. The summed E-state index contributed by atoms with van der Waals surface area (Å²) in [5.41, 5.74) is 5.78. The minimum atomic E-state index is -3.60. The Morgan fingerprint density at radius 2 is 2.00 bits per heavy atom. The number of nitrogens with one attached hydrogen (secondary N) is 1. The van der Waals surface area contributed by atoms with Crippen LogP contribution in [0.25, 0.3) is 0 Å². The molecular formula is C11H18N2O3S. The molecule has 0 saturated carbocycles. The summed E-state index contributed by atoms with van der Waals surface area (Å²) in [5.74, 6) is 0. The van der Waals surface area contributed by atoms with Gasteiger partial charge in [-0.05, 0) is 44.5 Å². The van der Waals surface area contributed by atoms with E-state index >= 15 is 0 Å². The summed E-state index contributed by atoms with van der Waals surface area (Å²) in [4.78, 5) is 0.147. The van der Waals surface area contributed by atoms with E-state index in [0.29, 0.717) is 11.3 Å². The number of hydrogen-bond donors (Lipinski definition) is 3. The van der Waals surface area contributed by atoms with E-state index in [1.54, 1.807) is 13.0 Å². The standard InChI is InChI=1S/C11H18N2O3S/c1-8-6-9(4-5-10(8)12)17(15,16)13-7-11(2,3)14/h4-6,13-14H,7,12H2,1-3H3. The number of aryl methyl sites for hydroxylation is 1. The molecule has 0 aliphatic carbocycles. The fourth-order valence-electron chi connectivity index (χ4n) is 1.17. The molecule has 0 saturated heterocycles. The van der Waals surface area contributed by atoms with Gasteiger partial charge in [0.25, 0.3) is 0 Å². The number of anilines is 1. The number of nitrogens with two attached hydrogens (primary N) is 1. The topological polar surface area (TPSA) is 92.4 Å². The monoisotopic (exact) mass is 258 g/mol. The Bertz CT molecular complexity index is 504. The van der Waals surface area contributed by atoms with E-state index in [2.05, 4.69) is 4.72 Å². The Morgan fingerprint density at radius 3 is 2.47 bits per heavy atom. The van der Waals surface area contributed by atoms with Gasteiger partial charge in [0.15, 0.2) is 0 Å². The van der Waals surface area contributed by atoms with Crippen molar-refractivity contribution in [3.8, 4) is 0 Å². The summed E-state index contributed by atoms with van der Waals surface area (Å²) >= 11 is 0. The molecule has 96 valence electrons. The maximum absolute atomic E-state index is 11.9. The summed E-state index contributed by atoms with van der Waals surface area (Å²) < 4.78 is 26.1. The molecule has 0 atom stereocenters. The first-order valence-electron chi connectivity index (χ1n) is 5.20. The van der Waals surface area contributed by atoms with Crippen LogP contribution < -0.4 is 10.5 Å². The van der Waals surface area contributed by atoms with Crippen LogP contribution in [-0.2, 0) is 10.0 Å². The Balaban J connectivity index is 2.94. The third kappa shape index (κ3) is 3.99.